The highest BCUT2D eigenvalue weighted by molar-refractivity contribution is 6.28. The fraction of sp³-hybridized carbons (Fsp3) is 0. The van der Waals surface area contributed by atoms with Gasteiger partial charge in [-0.25, -0.2) is 0 Å². The van der Waals surface area contributed by atoms with E-state index in [1.165, 1.54) is 87.9 Å². The van der Waals surface area contributed by atoms with E-state index in [0.29, 0.717) is 0 Å². The lowest BCUT2D eigenvalue weighted by molar-refractivity contribution is 1.13. The Labute approximate surface area is 285 Å². The minimum Gasteiger partial charge on any atom is -0.309 e. The standard InChI is InChI=1S/C48H31N/c1-3-10-32(11-4-1)33-18-20-34(21-19-33)43-31-44(42-29-27-38-14-9-13-37-26-28-41(43)48(42)47(37)38)35-22-24-36(25-23-35)46-30-39-12-7-8-17-45(39)49(46)40-15-5-2-6-16-40/h1-31H. The van der Waals surface area contributed by atoms with E-state index in [9.17, 15) is 0 Å². The smallest absolute Gasteiger partial charge is 0.0540 e. The second-order valence-corrected chi connectivity index (χ2v) is 12.9. The second kappa shape index (κ2) is 11.1. The number of fused-ring (bicyclic) bond motifs is 1. The van der Waals surface area contributed by atoms with Crippen LogP contribution in [0.15, 0.2) is 188 Å². The molecule has 0 aliphatic heterocycles. The van der Waals surface area contributed by atoms with Crippen molar-refractivity contribution in [3.8, 4) is 50.3 Å². The first-order valence-corrected chi connectivity index (χ1v) is 16.9. The molecule has 228 valence electrons. The molecule has 0 fully saturated rings. The highest BCUT2D eigenvalue weighted by Gasteiger charge is 2.18. The molecule has 0 amide bonds. The molecule has 0 N–H and O–H groups in total. The average Bonchev–Trinajstić information content (AvgIpc) is 3.57. The summed E-state index contributed by atoms with van der Waals surface area (Å²) in [7, 11) is 0. The van der Waals surface area contributed by atoms with Crippen LogP contribution >= 0.6 is 0 Å². The summed E-state index contributed by atoms with van der Waals surface area (Å²) in [6.45, 7) is 0. The van der Waals surface area contributed by atoms with Crippen LogP contribution in [0, 0.1) is 0 Å². The van der Waals surface area contributed by atoms with Gasteiger partial charge in [0.1, 0.15) is 0 Å². The van der Waals surface area contributed by atoms with Crippen molar-refractivity contribution in [1.29, 1.82) is 0 Å². The number of rotatable bonds is 5. The summed E-state index contributed by atoms with van der Waals surface area (Å²) >= 11 is 0. The number of benzene rings is 9. The van der Waals surface area contributed by atoms with Gasteiger partial charge in [-0.2, -0.15) is 0 Å². The van der Waals surface area contributed by atoms with E-state index in [2.05, 4.69) is 193 Å². The van der Waals surface area contributed by atoms with Gasteiger partial charge in [-0.1, -0.05) is 158 Å². The average molecular weight is 622 g/mol. The molecule has 0 saturated heterocycles. The molecule has 0 aliphatic rings. The maximum absolute atomic E-state index is 2.41. The van der Waals surface area contributed by atoms with Crippen molar-refractivity contribution >= 4 is 43.2 Å². The van der Waals surface area contributed by atoms with Crippen molar-refractivity contribution in [2.75, 3.05) is 0 Å². The molecule has 0 spiro atoms. The zero-order valence-corrected chi connectivity index (χ0v) is 26.8. The number of para-hydroxylation sites is 2. The first-order chi connectivity index (χ1) is 24.3. The summed E-state index contributed by atoms with van der Waals surface area (Å²) in [4.78, 5) is 0. The molecule has 1 heteroatoms. The fourth-order valence-electron chi connectivity index (χ4n) is 7.82. The van der Waals surface area contributed by atoms with E-state index >= 15 is 0 Å². The molecule has 1 nitrogen and oxygen atoms in total. The van der Waals surface area contributed by atoms with Gasteiger partial charge in [0.25, 0.3) is 0 Å². The number of aromatic nitrogens is 1. The Balaban J connectivity index is 1.16. The van der Waals surface area contributed by atoms with Crippen molar-refractivity contribution in [3.63, 3.8) is 0 Å². The van der Waals surface area contributed by atoms with Crippen LogP contribution < -0.4 is 0 Å². The lowest BCUT2D eigenvalue weighted by Gasteiger charge is -2.18. The zero-order valence-electron chi connectivity index (χ0n) is 26.8. The van der Waals surface area contributed by atoms with Gasteiger partial charge in [0.15, 0.2) is 0 Å². The molecule has 0 unspecified atom stereocenters. The Morgan fingerprint density at radius 1 is 0.306 bits per heavy atom. The largest absolute Gasteiger partial charge is 0.309 e. The minimum atomic E-state index is 1.16. The molecule has 10 rings (SSSR count). The van der Waals surface area contributed by atoms with E-state index in [1.807, 2.05) is 0 Å². The molecule has 0 radical (unpaired) electrons. The van der Waals surface area contributed by atoms with Crippen molar-refractivity contribution in [2.24, 2.45) is 0 Å². The van der Waals surface area contributed by atoms with Gasteiger partial charge in [0.2, 0.25) is 0 Å². The van der Waals surface area contributed by atoms with Crippen LogP contribution in [0.3, 0.4) is 0 Å². The quantitative estimate of drug-likeness (QED) is 0.169. The van der Waals surface area contributed by atoms with Crippen LogP contribution in [0.1, 0.15) is 0 Å². The molecule has 1 heterocycles. The van der Waals surface area contributed by atoms with Crippen LogP contribution in [-0.2, 0) is 0 Å². The van der Waals surface area contributed by atoms with Gasteiger partial charge < -0.3 is 4.57 Å². The summed E-state index contributed by atoms with van der Waals surface area (Å²) in [6.07, 6.45) is 0. The molecule has 0 bridgehead atoms. The third kappa shape index (κ3) is 4.47. The van der Waals surface area contributed by atoms with Crippen molar-refractivity contribution in [2.45, 2.75) is 0 Å². The Hall–Kier alpha value is -6.44. The summed E-state index contributed by atoms with van der Waals surface area (Å²) < 4.78 is 2.37. The van der Waals surface area contributed by atoms with E-state index in [-0.39, 0.29) is 0 Å². The highest BCUT2D eigenvalue weighted by Crippen LogP contribution is 2.44. The predicted octanol–water partition coefficient (Wildman–Crippen LogP) is 13.2. The molecule has 49 heavy (non-hydrogen) atoms. The Kier molecular flexibility index (Phi) is 6.25. The molecule has 1 aromatic heterocycles. The van der Waals surface area contributed by atoms with Crippen LogP contribution in [0.4, 0.5) is 0 Å². The van der Waals surface area contributed by atoms with Crippen molar-refractivity contribution in [3.05, 3.63) is 188 Å². The molecule has 0 saturated carbocycles. The summed E-state index contributed by atoms with van der Waals surface area (Å²) in [5.74, 6) is 0. The van der Waals surface area contributed by atoms with E-state index in [0.717, 1.165) is 5.69 Å². The summed E-state index contributed by atoms with van der Waals surface area (Å²) in [5, 5.41) is 9.05. The number of hydrogen-bond acceptors (Lipinski definition) is 0. The Morgan fingerprint density at radius 2 is 0.816 bits per heavy atom. The summed E-state index contributed by atoms with van der Waals surface area (Å²) in [5.41, 5.74) is 12.2. The van der Waals surface area contributed by atoms with Gasteiger partial charge in [0, 0.05) is 11.1 Å². The van der Waals surface area contributed by atoms with Gasteiger partial charge in [-0.3, -0.25) is 0 Å². The van der Waals surface area contributed by atoms with Crippen LogP contribution in [0.2, 0.25) is 0 Å². The van der Waals surface area contributed by atoms with Gasteiger partial charge in [-0.05, 0) is 102 Å². The third-order valence-corrected chi connectivity index (χ3v) is 10.2. The van der Waals surface area contributed by atoms with Crippen LogP contribution in [-0.4, -0.2) is 4.57 Å². The van der Waals surface area contributed by atoms with Crippen LogP contribution in [0.25, 0.3) is 93.5 Å². The number of hydrogen-bond donors (Lipinski definition) is 0. The van der Waals surface area contributed by atoms with E-state index < -0.39 is 0 Å². The maximum Gasteiger partial charge on any atom is 0.0540 e. The SMILES string of the molecule is c1ccc(-c2ccc(-c3cc(-c4ccc(-c5cc6ccccc6n5-c5ccccc5)cc4)c4ccc5cccc6ccc3c4c65)cc2)cc1. The molecule has 0 aliphatic carbocycles. The first-order valence-electron chi connectivity index (χ1n) is 16.9. The Morgan fingerprint density at radius 3 is 1.47 bits per heavy atom. The normalized spacial score (nSPS) is 11.7. The van der Waals surface area contributed by atoms with Crippen LogP contribution in [0.5, 0.6) is 0 Å². The maximum atomic E-state index is 2.41. The van der Waals surface area contributed by atoms with Gasteiger partial charge >= 0.3 is 0 Å². The fourth-order valence-corrected chi connectivity index (χ4v) is 7.82. The Bertz CT molecular complexity index is 2750. The first kappa shape index (κ1) is 27.7. The monoisotopic (exact) mass is 621 g/mol. The predicted molar refractivity (Wildman–Crippen MR) is 209 cm³/mol. The zero-order chi connectivity index (χ0) is 32.3. The van der Waals surface area contributed by atoms with Gasteiger partial charge in [-0.15, -0.1) is 0 Å². The minimum absolute atomic E-state index is 1.16. The molecule has 10 aromatic rings. The van der Waals surface area contributed by atoms with E-state index in [1.54, 1.807) is 0 Å². The number of nitrogens with zero attached hydrogens (tertiary/aromatic N) is 1. The third-order valence-electron chi connectivity index (χ3n) is 10.2. The lowest BCUT2D eigenvalue weighted by atomic mass is 9.85. The molecule has 9 aromatic carbocycles. The topological polar surface area (TPSA) is 4.93 Å². The molecule has 0 atom stereocenters. The second-order valence-electron chi connectivity index (χ2n) is 12.9. The van der Waals surface area contributed by atoms with Crippen molar-refractivity contribution < 1.29 is 0 Å². The van der Waals surface area contributed by atoms with Crippen molar-refractivity contribution in [1.82, 2.24) is 4.57 Å². The lowest BCUT2D eigenvalue weighted by Crippen LogP contribution is -1.96. The summed E-state index contributed by atoms with van der Waals surface area (Å²) in [6, 6.07) is 68.7. The molecular formula is C48H31N. The van der Waals surface area contributed by atoms with Gasteiger partial charge in [0.05, 0.1) is 11.2 Å². The molecular weight excluding hydrogens is 591 g/mol. The van der Waals surface area contributed by atoms with E-state index in [4.69, 9.17) is 0 Å². The highest BCUT2D eigenvalue weighted by atomic mass is 15.0.